The van der Waals surface area contributed by atoms with Gasteiger partial charge in [-0.1, -0.05) is 31.4 Å². The van der Waals surface area contributed by atoms with Crippen LogP contribution >= 0.6 is 11.6 Å². The number of benzene rings is 1. The Balaban J connectivity index is 1.74. The third-order valence-electron chi connectivity index (χ3n) is 4.62. The van der Waals surface area contributed by atoms with Crippen LogP contribution in [0, 0.1) is 5.92 Å². The van der Waals surface area contributed by atoms with Crippen LogP contribution in [0.3, 0.4) is 0 Å². The van der Waals surface area contributed by atoms with Crippen molar-refractivity contribution in [1.29, 1.82) is 0 Å². The molecule has 2 amide bonds. The van der Waals surface area contributed by atoms with Crippen LogP contribution < -0.4 is 10.6 Å². The molecule has 6 nitrogen and oxygen atoms in total. The van der Waals surface area contributed by atoms with E-state index in [-0.39, 0.29) is 18.5 Å². The fourth-order valence-corrected chi connectivity index (χ4v) is 3.10. The predicted molar refractivity (Wildman–Crippen MR) is 98.9 cm³/mol. The summed E-state index contributed by atoms with van der Waals surface area (Å²) in [4.78, 5) is 36.0. The maximum Gasteiger partial charge on any atom is 0.326 e. The molecule has 0 bridgehead atoms. The smallest absolute Gasteiger partial charge is 0.326 e. The second-order valence-corrected chi connectivity index (χ2v) is 7.13. The van der Waals surface area contributed by atoms with E-state index in [1.165, 1.54) is 13.3 Å². The van der Waals surface area contributed by atoms with E-state index in [0.717, 1.165) is 19.3 Å². The average molecular weight is 381 g/mol. The summed E-state index contributed by atoms with van der Waals surface area (Å²) < 4.78 is 5.11. The molecule has 2 N–H and O–H groups in total. The van der Waals surface area contributed by atoms with E-state index in [4.69, 9.17) is 16.3 Å². The van der Waals surface area contributed by atoms with Crippen LogP contribution in [-0.2, 0) is 14.3 Å². The first kappa shape index (κ1) is 20.2. The summed E-state index contributed by atoms with van der Waals surface area (Å²) in [6, 6.07) is 6.43. The Bertz CT molecular complexity index is 647. The maximum absolute atomic E-state index is 12.2. The van der Waals surface area contributed by atoms with E-state index >= 15 is 0 Å². The molecule has 7 heteroatoms. The molecular weight excluding hydrogens is 356 g/mol. The van der Waals surface area contributed by atoms with Gasteiger partial charge in [0, 0.05) is 16.6 Å². The first-order valence-corrected chi connectivity index (χ1v) is 9.28. The normalized spacial score (nSPS) is 20.7. The Kier molecular flexibility index (Phi) is 7.45. The molecule has 1 fully saturated rings. The lowest BCUT2D eigenvalue weighted by molar-refractivity contribution is -0.154. The van der Waals surface area contributed by atoms with Crippen molar-refractivity contribution in [2.75, 3.05) is 6.54 Å². The fraction of sp³-hybridized carbons (Fsp3) is 0.526. The number of ether oxygens (including phenoxy) is 1. The third kappa shape index (κ3) is 6.02. The molecule has 1 aromatic rings. The van der Waals surface area contributed by atoms with E-state index in [0.29, 0.717) is 16.5 Å². The van der Waals surface area contributed by atoms with Crippen LogP contribution in [0.5, 0.6) is 0 Å². The molecule has 2 rings (SSSR count). The topological polar surface area (TPSA) is 84.5 Å². The van der Waals surface area contributed by atoms with E-state index < -0.39 is 18.0 Å². The quantitative estimate of drug-likeness (QED) is 0.743. The second kappa shape index (κ2) is 9.57. The first-order chi connectivity index (χ1) is 12.4. The average Bonchev–Trinajstić information content (AvgIpc) is 2.62. The molecule has 0 saturated heterocycles. The van der Waals surface area contributed by atoms with Gasteiger partial charge in [-0.05, 0) is 49.9 Å². The molecule has 0 heterocycles. The SMILES string of the molecule is C[C@H](OC(=O)CNC(=O)c1ccc(Cl)cc1)C(=O)N[C@@H]1CCCC[C@H]1C. The number of carbonyl (C=O) groups excluding carboxylic acids is 3. The molecule has 0 aromatic heterocycles. The number of carbonyl (C=O) groups is 3. The lowest BCUT2D eigenvalue weighted by Gasteiger charge is -2.30. The van der Waals surface area contributed by atoms with Gasteiger partial charge in [-0.25, -0.2) is 0 Å². The van der Waals surface area contributed by atoms with Crippen LogP contribution in [-0.4, -0.2) is 36.5 Å². The molecule has 0 spiro atoms. The molecular formula is C19H25ClN2O4. The zero-order chi connectivity index (χ0) is 19.1. The monoisotopic (exact) mass is 380 g/mol. The number of esters is 1. The minimum Gasteiger partial charge on any atom is -0.451 e. The molecule has 26 heavy (non-hydrogen) atoms. The van der Waals surface area contributed by atoms with E-state index in [9.17, 15) is 14.4 Å². The van der Waals surface area contributed by atoms with E-state index in [1.807, 2.05) is 0 Å². The number of nitrogens with one attached hydrogen (secondary N) is 2. The Labute approximate surface area is 158 Å². The van der Waals surface area contributed by atoms with Crippen molar-refractivity contribution in [3.63, 3.8) is 0 Å². The summed E-state index contributed by atoms with van der Waals surface area (Å²) in [5.41, 5.74) is 0.388. The first-order valence-electron chi connectivity index (χ1n) is 8.90. The van der Waals surface area contributed by atoms with E-state index in [1.54, 1.807) is 24.3 Å². The van der Waals surface area contributed by atoms with Gasteiger partial charge >= 0.3 is 5.97 Å². The van der Waals surface area contributed by atoms with Crippen LogP contribution in [0.15, 0.2) is 24.3 Å². The predicted octanol–water partition coefficient (Wildman–Crippen LogP) is 2.70. The molecule has 1 saturated carbocycles. The summed E-state index contributed by atoms with van der Waals surface area (Å²) in [6.45, 7) is 3.34. The Hall–Kier alpha value is -2.08. The lowest BCUT2D eigenvalue weighted by atomic mass is 9.86. The maximum atomic E-state index is 12.2. The molecule has 0 aliphatic heterocycles. The van der Waals surface area contributed by atoms with Gasteiger partial charge < -0.3 is 15.4 Å². The summed E-state index contributed by atoms with van der Waals surface area (Å²) in [7, 11) is 0. The van der Waals surface area contributed by atoms with Gasteiger partial charge in [0.2, 0.25) is 0 Å². The summed E-state index contributed by atoms with van der Waals surface area (Å²) >= 11 is 5.77. The minimum atomic E-state index is -0.899. The Morgan fingerprint density at radius 3 is 2.50 bits per heavy atom. The largest absolute Gasteiger partial charge is 0.451 e. The molecule has 0 unspecified atom stereocenters. The van der Waals surface area contributed by atoms with Crippen molar-refractivity contribution in [3.8, 4) is 0 Å². The number of halogens is 1. The number of hydrogen-bond acceptors (Lipinski definition) is 4. The Morgan fingerprint density at radius 2 is 1.85 bits per heavy atom. The van der Waals surface area contributed by atoms with Gasteiger partial charge in [-0.15, -0.1) is 0 Å². The van der Waals surface area contributed by atoms with Gasteiger partial charge in [-0.3, -0.25) is 14.4 Å². The highest BCUT2D eigenvalue weighted by atomic mass is 35.5. The Morgan fingerprint density at radius 1 is 1.19 bits per heavy atom. The van der Waals surface area contributed by atoms with Crippen molar-refractivity contribution in [1.82, 2.24) is 10.6 Å². The molecule has 0 radical (unpaired) electrons. The van der Waals surface area contributed by atoms with Gasteiger partial charge in [0.05, 0.1) is 0 Å². The summed E-state index contributed by atoms with van der Waals surface area (Å²) in [5.74, 6) is -0.950. The fourth-order valence-electron chi connectivity index (χ4n) is 2.98. The van der Waals surface area contributed by atoms with Crippen molar-refractivity contribution < 1.29 is 19.1 Å². The highest BCUT2D eigenvalue weighted by Crippen LogP contribution is 2.23. The molecule has 1 aromatic carbocycles. The van der Waals surface area contributed by atoms with Crippen LogP contribution in [0.4, 0.5) is 0 Å². The number of hydrogen-bond donors (Lipinski definition) is 2. The van der Waals surface area contributed by atoms with Crippen molar-refractivity contribution >= 4 is 29.4 Å². The van der Waals surface area contributed by atoms with Crippen molar-refractivity contribution in [2.24, 2.45) is 5.92 Å². The number of rotatable bonds is 6. The second-order valence-electron chi connectivity index (χ2n) is 6.70. The zero-order valence-corrected chi connectivity index (χ0v) is 15.8. The van der Waals surface area contributed by atoms with Crippen LogP contribution in [0.25, 0.3) is 0 Å². The highest BCUT2D eigenvalue weighted by Gasteiger charge is 2.26. The number of amides is 2. The standard InChI is InChI=1S/C19H25ClN2O4/c1-12-5-3-4-6-16(12)22-18(24)13(2)26-17(23)11-21-19(25)14-7-9-15(20)10-8-14/h7-10,12-13,16H,3-6,11H2,1-2H3,(H,21,25)(H,22,24)/t12-,13+,16-/m1/s1. The molecule has 1 aliphatic rings. The molecule has 142 valence electrons. The van der Waals surface area contributed by atoms with Gasteiger partial charge in [0.25, 0.3) is 11.8 Å². The van der Waals surface area contributed by atoms with Crippen LogP contribution in [0.1, 0.15) is 49.9 Å². The lowest BCUT2D eigenvalue weighted by Crippen LogP contribution is -2.46. The summed E-state index contributed by atoms with van der Waals surface area (Å²) in [6.07, 6.45) is 3.43. The molecule has 3 atom stereocenters. The van der Waals surface area contributed by atoms with Crippen molar-refractivity contribution in [3.05, 3.63) is 34.9 Å². The minimum absolute atomic E-state index is 0.127. The van der Waals surface area contributed by atoms with Gasteiger partial charge in [-0.2, -0.15) is 0 Å². The van der Waals surface area contributed by atoms with Gasteiger partial charge in [0.15, 0.2) is 6.10 Å². The highest BCUT2D eigenvalue weighted by molar-refractivity contribution is 6.30. The van der Waals surface area contributed by atoms with Crippen molar-refractivity contribution in [2.45, 2.75) is 51.7 Å². The van der Waals surface area contributed by atoms with E-state index in [2.05, 4.69) is 17.6 Å². The van der Waals surface area contributed by atoms with Crippen LogP contribution in [0.2, 0.25) is 5.02 Å². The summed E-state index contributed by atoms with van der Waals surface area (Å²) in [5, 5.41) is 5.94. The third-order valence-corrected chi connectivity index (χ3v) is 4.87. The zero-order valence-electron chi connectivity index (χ0n) is 15.1. The van der Waals surface area contributed by atoms with Gasteiger partial charge in [0.1, 0.15) is 6.54 Å². The molecule has 1 aliphatic carbocycles.